The summed E-state index contributed by atoms with van der Waals surface area (Å²) >= 11 is 0. The summed E-state index contributed by atoms with van der Waals surface area (Å²) in [4.78, 5) is 4.29. The number of hydrogen-bond acceptors (Lipinski definition) is 5. The summed E-state index contributed by atoms with van der Waals surface area (Å²) in [6, 6.07) is 3.81. The largest absolute Gasteiger partial charge is 0.365 e. The Labute approximate surface area is 107 Å². The van der Waals surface area contributed by atoms with E-state index in [1.165, 1.54) is 0 Å². The number of rotatable bonds is 2. The molecule has 1 aliphatic rings. The molecule has 18 heavy (non-hydrogen) atoms. The van der Waals surface area contributed by atoms with Crippen LogP contribution >= 0.6 is 0 Å². The number of nitrogens with zero attached hydrogens (tertiary/aromatic N) is 2. The molecule has 0 unspecified atom stereocenters. The third-order valence-corrected chi connectivity index (χ3v) is 4.80. The molecule has 0 spiro atoms. The lowest BCUT2D eigenvalue weighted by atomic mass is 10.1. The Hall–Kier alpha value is -1.61. The molecule has 0 radical (unpaired) electrons. The maximum absolute atomic E-state index is 11.4. The van der Waals surface area contributed by atoms with Crippen molar-refractivity contribution in [1.29, 1.82) is 5.26 Å². The lowest BCUT2D eigenvalue weighted by Gasteiger charge is -2.14. The molecule has 96 valence electrons. The summed E-state index contributed by atoms with van der Waals surface area (Å²) in [7, 11) is -2.93. The fourth-order valence-corrected chi connectivity index (χ4v) is 3.86. The van der Waals surface area contributed by atoms with E-state index in [0.29, 0.717) is 17.8 Å². The van der Waals surface area contributed by atoms with Gasteiger partial charge in [0.25, 0.3) is 0 Å². The van der Waals surface area contributed by atoms with Crippen LogP contribution in [0.3, 0.4) is 0 Å². The molecule has 2 rings (SSSR count). The van der Waals surface area contributed by atoms with Crippen molar-refractivity contribution in [3.8, 4) is 6.07 Å². The van der Waals surface area contributed by atoms with E-state index in [0.717, 1.165) is 11.3 Å². The van der Waals surface area contributed by atoms with E-state index >= 15 is 0 Å². The Morgan fingerprint density at radius 3 is 2.78 bits per heavy atom. The maximum atomic E-state index is 11.4. The second-order valence-electron chi connectivity index (χ2n) is 4.66. The van der Waals surface area contributed by atoms with Gasteiger partial charge in [0.05, 0.1) is 17.1 Å². The zero-order valence-electron chi connectivity index (χ0n) is 10.4. The van der Waals surface area contributed by atoms with E-state index in [-0.39, 0.29) is 17.5 Å². The molecule has 2 heterocycles. The van der Waals surface area contributed by atoms with E-state index in [4.69, 9.17) is 5.26 Å². The quantitative estimate of drug-likeness (QED) is 0.867. The molecule has 0 aromatic carbocycles. The maximum Gasteiger partial charge on any atom is 0.152 e. The van der Waals surface area contributed by atoms with Crippen molar-refractivity contribution in [2.24, 2.45) is 0 Å². The minimum absolute atomic E-state index is 0.118. The highest BCUT2D eigenvalue weighted by Gasteiger charge is 2.28. The standard InChI is InChI=1S/C12H15N3O2S/c1-8-5-9(2)14-12(11(8)6-13)15-10-3-4-18(16,17)7-10/h5,10H,3-4,7H2,1-2H3,(H,14,15)/t10-/m0/s1. The van der Waals surface area contributed by atoms with E-state index in [9.17, 15) is 8.42 Å². The number of aromatic nitrogens is 1. The van der Waals surface area contributed by atoms with Gasteiger partial charge in [-0.2, -0.15) is 5.26 Å². The number of sulfone groups is 1. The Morgan fingerprint density at radius 1 is 1.50 bits per heavy atom. The van der Waals surface area contributed by atoms with Gasteiger partial charge >= 0.3 is 0 Å². The SMILES string of the molecule is Cc1cc(C)c(C#N)c(N[C@H]2CCS(=O)(=O)C2)n1. The molecule has 0 aliphatic carbocycles. The van der Waals surface area contributed by atoms with E-state index in [2.05, 4.69) is 16.4 Å². The number of nitriles is 1. The molecule has 1 N–H and O–H groups in total. The monoisotopic (exact) mass is 265 g/mol. The Bertz CT molecular complexity index is 617. The molecule has 1 aromatic rings. The van der Waals surface area contributed by atoms with Crippen molar-refractivity contribution in [3.63, 3.8) is 0 Å². The van der Waals surface area contributed by atoms with Gasteiger partial charge in [-0.1, -0.05) is 0 Å². The van der Waals surface area contributed by atoms with Crippen molar-refractivity contribution >= 4 is 15.7 Å². The van der Waals surface area contributed by atoms with E-state index in [1.807, 2.05) is 19.9 Å². The first-order valence-corrected chi connectivity index (χ1v) is 7.59. The summed E-state index contributed by atoms with van der Waals surface area (Å²) in [5.74, 6) is 0.821. The number of aryl methyl sites for hydroxylation is 2. The van der Waals surface area contributed by atoms with Gasteiger partial charge < -0.3 is 5.32 Å². The highest BCUT2D eigenvalue weighted by atomic mass is 32.2. The van der Waals surface area contributed by atoms with Crippen LogP contribution in [0.1, 0.15) is 23.2 Å². The van der Waals surface area contributed by atoms with Crippen LogP contribution in [0.4, 0.5) is 5.82 Å². The van der Waals surface area contributed by atoms with Gasteiger partial charge in [0, 0.05) is 11.7 Å². The smallest absolute Gasteiger partial charge is 0.152 e. The molecule has 6 heteroatoms. The molecule has 1 fully saturated rings. The van der Waals surface area contributed by atoms with E-state index in [1.54, 1.807) is 0 Å². The van der Waals surface area contributed by atoms with Gasteiger partial charge in [-0.25, -0.2) is 13.4 Å². The van der Waals surface area contributed by atoms with Gasteiger partial charge in [-0.3, -0.25) is 0 Å². The Balaban J connectivity index is 2.28. The van der Waals surface area contributed by atoms with Crippen molar-refractivity contribution in [2.75, 3.05) is 16.8 Å². The van der Waals surface area contributed by atoms with Crippen LogP contribution in [0, 0.1) is 25.2 Å². The van der Waals surface area contributed by atoms with Gasteiger partial charge in [0.2, 0.25) is 0 Å². The highest BCUT2D eigenvalue weighted by molar-refractivity contribution is 7.91. The molecule has 0 bridgehead atoms. The number of nitrogens with one attached hydrogen (secondary N) is 1. The van der Waals surface area contributed by atoms with Gasteiger partial charge in [0.15, 0.2) is 9.84 Å². The molecule has 0 amide bonds. The molecule has 1 aromatic heterocycles. The van der Waals surface area contributed by atoms with Crippen LogP contribution in [-0.4, -0.2) is 30.9 Å². The fourth-order valence-electron chi connectivity index (χ4n) is 2.18. The number of hydrogen-bond donors (Lipinski definition) is 1. The molecule has 1 atom stereocenters. The zero-order valence-corrected chi connectivity index (χ0v) is 11.2. The molecule has 1 aliphatic heterocycles. The normalized spacial score (nSPS) is 21.5. The second kappa shape index (κ2) is 4.58. The number of anilines is 1. The molecular weight excluding hydrogens is 250 g/mol. The summed E-state index contributed by atoms with van der Waals surface area (Å²) in [6.45, 7) is 3.70. The van der Waals surface area contributed by atoms with Crippen LogP contribution in [0.5, 0.6) is 0 Å². The first-order valence-electron chi connectivity index (χ1n) is 5.76. The third-order valence-electron chi connectivity index (χ3n) is 3.03. The van der Waals surface area contributed by atoms with Crippen molar-refractivity contribution in [3.05, 3.63) is 22.9 Å². The molecule has 5 nitrogen and oxygen atoms in total. The van der Waals surface area contributed by atoms with E-state index < -0.39 is 9.84 Å². The number of pyridine rings is 1. The first kappa shape index (κ1) is 12.8. The van der Waals surface area contributed by atoms with Crippen LogP contribution in [0.25, 0.3) is 0 Å². The predicted molar refractivity (Wildman–Crippen MR) is 69.1 cm³/mol. The predicted octanol–water partition coefficient (Wildman–Crippen LogP) is 1.17. The van der Waals surface area contributed by atoms with Gasteiger partial charge in [0.1, 0.15) is 11.9 Å². The lowest BCUT2D eigenvalue weighted by molar-refractivity contribution is 0.602. The first-order chi connectivity index (χ1) is 8.41. The highest BCUT2D eigenvalue weighted by Crippen LogP contribution is 2.21. The zero-order chi connectivity index (χ0) is 13.3. The summed E-state index contributed by atoms with van der Waals surface area (Å²) < 4.78 is 22.8. The minimum atomic E-state index is -2.93. The van der Waals surface area contributed by atoms with Crippen molar-refractivity contribution in [2.45, 2.75) is 26.3 Å². The van der Waals surface area contributed by atoms with Crippen molar-refractivity contribution in [1.82, 2.24) is 4.98 Å². The molecule has 1 saturated heterocycles. The van der Waals surface area contributed by atoms with Crippen molar-refractivity contribution < 1.29 is 8.42 Å². The molecule has 0 saturated carbocycles. The fraction of sp³-hybridized carbons (Fsp3) is 0.500. The van der Waals surface area contributed by atoms with Crippen LogP contribution in [-0.2, 0) is 9.84 Å². The average molecular weight is 265 g/mol. The molecular formula is C12H15N3O2S. The van der Waals surface area contributed by atoms with Crippen LogP contribution in [0.2, 0.25) is 0 Å². The summed E-state index contributed by atoms with van der Waals surface area (Å²) in [6.07, 6.45) is 0.571. The van der Waals surface area contributed by atoms with Gasteiger partial charge in [-0.05, 0) is 31.9 Å². The van der Waals surface area contributed by atoms with Gasteiger partial charge in [-0.15, -0.1) is 0 Å². The second-order valence-corrected chi connectivity index (χ2v) is 6.89. The Kier molecular flexibility index (Phi) is 3.26. The lowest BCUT2D eigenvalue weighted by Crippen LogP contribution is -2.22. The topological polar surface area (TPSA) is 82.9 Å². The average Bonchev–Trinajstić information content (AvgIpc) is 2.57. The van der Waals surface area contributed by atoms with Crippen LogP contribution < -0.4 is 5.32 Å². The summed E-state index contributed by atoms with van der Waals surface area (Å²) in [5.41, 5.74) is 2.16. The minimum Gasteiger partial charge on any atom is -0.365 e. The summed E-state index contributed by atoms with van der Waals surface area (Å²) in [5, 5.41) is 12.2. The third kappa shape index (κ3) is 2.62. The van der Waals surface area contributed by atoms with Crippen LogP contribution in [0.15, 0.2) is 6.07 Å². The Morgan fingerprint density at radius 2 is 2.22 bits per heavy atom.